The van der Waals surface area contributed by atoms with Crippen molar-refractivity contribution in [1.82, 2.24) is 14.5 Å². The maximum absolute atomic E-state index is 13.7. The molecule has 7 heteroatoms. The molecule has 1 atom stereocenters. The molecule has 6 nitrogen and oxygen atoms in total. The van der Waals surface area contributed by atoms with Crippen molar-refractivity contribution >= 4 is 16.8 Å². The number of benzene rings is 3. The molecule has 0 aliphatic carbocycles. The van der Waals surface area contributed by atoms with Crippen LogP contribution < -0.4 is 5.56 Å². The molecule has 2 heterocycles. The van der Waals surface area contributed by atoms with Gasteiger partial charge < -0.3 is 9.32 Å². The monoisotopic (exact) mass is 481 g/mol. The third-order valence-electron chi connectivity index (χ3n) is 6.19. The van der Waals surface area contributed by atoms with Crippen LogP contribution in [0.3, 0.4) is 0 Å². The van der Waals surface area contributed by atoms with E-state index < -0.39 is 11.9 Å². The van der Waals surface area contributed by atoms with E-state index in [9.17, 15) is 14.0 Å². The highest BCUT2D eigenvalue weighted by molar-refractivity contribution is 5.94. The molecule has 0 radical (unpaired) electrons. The van der Waals surface area contributed by atoms with Gasteiger partial charge in [-0.15, -0.1) is 0 Å². The number of carbonyl (C=O) groups excluding carboxylic acids is 1. The van der Waals surface area contributed by atoms with Crippen LogP contribution in [0.4, 0.5) is 4.39 Å². The number of carbonyl (C=O) groups is 1. The summed E-state index contributed by atoms with van der Waals surface area (Å²) in [7, 11) is 0. The predicted octanol–water partition coefficient (Wildman–Crippen LogP) is 5.83. The molecule has 5 aromatic rings. The molecule has 0 N–H and O–H groups in total. The Bertz CT molecular complexity index is 1570. The SMILES string of the molecule is Cc1ccc(-n2c(C(C)N(Cc3ccco3)C(=O)c3ccc(F)cc3)nc3ccccc3c2=O)cc1. The summed E-state index contributed by atoms with van der Waals surface area (Å²) in [6, 6.07) is 23.0. The van der Waals surface area contributed by atoms with Gasteiger partial charge in [0.25, 0.3) is 11.5 Å². The summed E-state index contributed by atoms with van der Waals surface area (Å²) in [5.74, 6) is 0.213. The number of hydrogen-bond donors (Lipinski definition) is 0. The average molecular weight is 482 g/mol. The van der Waals surface area contributed by atoms with Gasteiger partial charge >= 0.3 is 0 Å². The number of halogens is 1. The van der Waals surface area contributed by atoms with E-state index in [2.05, 4.69) is 0 Å². The number of nitrogens with zero attached hydrogens (tertiary/aromatic N) is 3. The fraction of sp³-hybridized carbons (Fsp3) is 0.138. The van der Waals surface area contributed by atoms with Gasteiger partial charge in [0.15, 0.2) is 0 Å². The number of aromatic nitrogens is 2. The van der Waals surface area contributed by atoms with Gasteiger partial charge in [0, 0.05) is 5.56 Å². The summed E-state index contributed by atoms with van der Waals surface area (Å²) in [4.78, 5) is 33.8. The molecule has 36 heavy (non-hydrogen) atoms. The lowest BCUT2D eigenvalue weighted by Gasteiger charge is -2.30. The molecule has 0 saturated carbocycles. The number of para-hydroxylation sites is 1. The standard InChI is InChI=1S/C29H24FN3O3/c1-19-9-15-23(16-10-19)33-27(31-26-8-4-3-7-25(26)29(33)35)20(2)32(18-24-6-5-17-36-24)28(34)21-11-13-22(30)14-12-21/h3-17,20H,18H2,1-2H3. The Hall–Kier alpha value is -4.52. The molecule has 5 rings (SSSR count). The van der Waals surface area contributed by atoms with E-state index in [4.69, 9.17) is 9.40 Å². The fourth-order valence-corrected chi connectivity index (χ4v) is 4.23. The van der Waals surface area contributed by atoms with Crippen molar-refractivity contribution in [2.45, 2.75) is 26.4 Å². The molecular weight excluding hydrogens is 457 g/mol. The van der Waals surface area contributed by atoms with E-state index in [0.717, 1.165) is 5.56 Å². The summed E-state index contributed by atoms with van der Waals surface area (Å²) >= 11 is 0. The molecule has 0 aliphatic rings. The lowest BCUT2D eigenvalue weighted by Crippen LogP contribution is -2.37. The van der Waals surface area contributed by atoms with Crippen molar-refractivity contribution in [3.05, 3.63) is 130 Å². The predicted molar refractivity (Wildman–Crippen MR) is 135 cm³/mol. The molecule has 0 aliphatic heterocycles. The third-order valence-corrected chi connectivity index (χ3v) is 6.19. The van der Waals surface area contributed by atoms with Gasteiger partial charge in [0.1, 0.15) is 17.4 Å². The van der Waals surface area contributed by atoms with Crippen LogP contribution in [0.15, 0.2) is 100 Å². The van der Waals surface area contributed by atoms with E-state index >= 15 is 0 Å². The van der Waals surface area contributed by atoms with Gasteiger partial charge in [0.2, 0.25) is 0 Å². The second-order valence-corrected chi connectivity index (χ2v) is 8.66. The summed E-state index contributed by atoms with van der Waals surface area (Å²) in [5, 5.41) is 0.483. The van der Waals surface area contributed by atoms with Crippen LogP contribution in [0.5, 0.6) is 0 Å². The van der Waals surface area contributed by atoms with E-state index in [-0.39, 0.29) is 18.0 Å². The first-order valence-electron chi connectivity index (χ1n) is 11.6. The minimum atomic E-state index is -0.633. The molecule has 3 aromatic carbocycles. The van der Waals surface area contributed by atoms with Crippen LogP contribution in [0.25, 0.3) is 16.6 Å². The Balaban J connectivity index is 1.69. The zero-order valence-electron chi connectivity index (χ0n) is 19.9. The van der Waals surface area contributed by atoms with Crippen molar-refractivity contribution < 1.29 is 13.6 Å². The van der Waals surface area contributed by atoms with Gasteiger partial charge in [0.05, 0.1) is 35.4 Å². The molecule has 0 fully saturated rings. The van der Waals surface area contributed by atoms with Crippen molar-refractivity contribution in [2.75, 3.05) is 0 Å². The highest BCUT2D eigenvalue weighted by atomic mass is 19.1. The number of fused-ring (bicyclic) bond motifs is 1. The van der Waals surface area contributed by atoms with Gasteiger partial charge in [-0.1, -0.05) is 29.8 Å². The van der Waals surface area contributed by atoms with Crippen molar-refractivity contribution in [3.63, 3.8) is 0 Å². The molecule has 0 bridgehead atoms. The Morgan fingerprint density at radius 1 is 1.00 bits per heavy atom. The van der Waals surface area contributed by atoms with E-state index in [1.165, 1.54) is 30.5 Å². The van der Waals surface area contributed by atoms with Crippen LogP contribution in [0, 0.1) is 12.7 Å². The molecular formula is C29H24FN3O3. The smallest absolute Gasteiger partial charge is 0.266 e. The second kappa shape index (κ2) is 9.62. The third kappa shape index (κ3) is 4.43. The van der Waals surface area contributed by atoms with Crippen LogP contribution in [-0.4, -0.2) is 20.4 Å². The average Bonchev–Trinajstić information content (AvgIpc) is 3.41. The van der Waals surface area contributed by atoms with Crippen molar-refractivity contribution in [2.24, 2.45) is 0 Å². The van der Waals surface area contributed by atoms with Crippen molar-refractivity contribution in [3.8, 4) is 5.69 Å². The Morgan fingerprint density at radius 2 is 1.72 bits per heavy atom. The number of aryl methyl sites for hydroxylation is 1. The molecule has 180 valence electrons. The summed E-state index contributed by atoms with van der Waals surface area (Å²) in [5.41, 5.74) is 2.34. The summed E-state index contributed by atoms with van der Waals surface area (Å²) < 4.78 is 20.6. The van der Waals surface area contributed by atoms with Gasteiger partial charge in [-0.05, 0) is 74.5 Å². The maximum Gasteiger partial charge on any atom is 0.266 e. The normalized spacial score (nSPS) is 12.0. The molecule has 0 spiro atoms. The number of rotatable bonds is 6. The van der Waals surface area contributed by atoms with E-state index in [1.807, 2.05) is 44.2 Å². The van der Waals surface area contributed by atoms with E-state index in [1.54, 1.807) is 39.8 Å². The maximum atomic E-state index is 13.7. The molecule has 2 aromatic heterocycles. The minimum Gasteiger partial charge on any atom is -0.467 e. The van der Waals surface area contributed by atoms with Gasteiger partial charge in [-0.3, -0.25) is 14.2 Å². The second-order valence-electron chi connectivity index (χ2n) is 8.66. The first-order valence-corrected chi connectivity index (χ1v) is 11.6. The highest BCUT2D eigenvalue weighted by Gasteiger charge is 2.28. The van der Waals surface area contributed by atoms with Gasteiger partial charge in [-0.2, -0.15) is 0 Å². The first kappa shape index (κ1) is 23.2. The number of hydrogen-bond acceptors (Lipinski definition) is 4. The molecule has 0 saturated heterocycles. The summed E-state index contributed by atoms with van der Waals surface area (Å²) in [6.07, 6.45) is 1.54. The Morgan fingerprint density at radius 3 is 2.42 bits per heavy atom. The Kier molecular flexibility index (Phi) is 6.21. The highest BCUT2D eigenvalue weighted by Crippen LogP contribution is 2.26. The first-order chi connectivity index (χ1) is 17.4. The zero-order valence-corrected chi connectivity index (χ0v) is 19.9. The van der Waals surface area contributed by atoms with Gasteiger partial charge in [-0.25, -0.2) is 9.37 Å². The molecule has 1 amide bonds. The minimum absolute atomic E-state index is 0.140. The molecule has 1 unspecified atom stereocenters. The zero-order chi connectivity index (χ0) is 25.2. The lowest BCUT2D eigenvalue weighted by molar-refractivity contribution is 0.0648. The van der Waals surface area contributed by atoms with Crippen LogP contribution in [0.1, 0.15) is 40.5 Å². The van der Waals surface area contributed by atoms with Crippen LogP contribution in [0.2, 0.25) is 0 Å². The topological polar surface area (TPSA) is 68.3 Å². The van der Waals surface area contributed by atoms with Crippen LogP contribution >= 0.6 is 0 Å². The number of furan rings is 1. The Labute approximate surface area is 207 Å². The largest absolute Gasteiger partial charge is 0.467 e. The quantitative estimate of drug-likeness (QED) is 0.306. The fourth-order valence-electron chi connectivity index (χ4n) is 4.23. The lowest BCUT2D eigenvalue weighted by atomic mass is 10.1. The van der Waals surface area contributed by atoms with E-state index in [0.29, 0.717) is 33.7 Å². The van der Waals surface area contributed by atoms with Crippen molar-refractivity contribution in [1.29, 1.82) is 0 Å². The van der Waals surface area contributed by atoms with Crippen LogP contribution in [-0.2, 0) is 6.54 Å². The number of amides is 1. The summed E-state index contributed by atoms with van der Waals surface area (Å²) in [6.45, 7) is 3.94.